The Bertz CT molecular complexity index is 1310. The molecular formula is C26H26O6. The number of methoxy groups -OCH3 is 1. The van der Waals surface area contributed by atoms with Gasteiger partial charge < -0.3 is 24.1 Å². The lowest BCUT2D eigenvalue weighted by molar-refractivity contribution is 0.241. The zero-order valence-corrected chi connectivity index (χ0v) is 18.6. The molecule has 0 amide bonds. The first kappa shape index (κ1) is 21.6. The molecule has 0 bridgehead atoms. The van der Waals surface area contributed by atoms with Gasteiger partial charge in [-0.25, -0.2) is 0 Å². The van der Waals surface area contributed by atoms with Gasteiger partial charge in [-0.3, -0.25) is 4.79 Å². The zero-order chi connectivity index (χ0) is 23.2. The Morgan fingerprint density at radius 2 is 2.03 bits per heavy atom. The summed E-state index contributed by atoms with van der Waals surface area (Å²) in [6, 6.07) is 6.26. The van der Waals surface area contributed by atoms with Gasteiger partial charge in [-0.15, -0.1) is 0 Å². The third-order valence-electron chi connectivity index (χ3n) is 5.54. The Morgan fingerprint density at radius 1 is 1.28 bits per heavy atom. The monoisotopic (exact) mass is 434 g/mol. The number of hydrogen-bond acceptors (Lipinski definition) is 6. The number of benzene rings is 2. The molecule has 1 unspecified atom stereocenters. The van der Waals surface area contributed by atoms with Gasteiger partial charge in [0.25, 0.3) is 0 Å². The van der Waals surface area contributed by atoms with Gasteiger partial charge in [0.1, 0.15) is 45.8 Å². The van der Waals surface area contributed by atoms with Crippen molar-refractivity contribution in [2.75, 3.05) is 7.11 Å². The van der Waals surface area contributed by atoms with E-state index >= 15 is 0 Å². The molecule has 2 heterocycles. The molecule has 6 heteroatoms. The summed E-state index contributed by atoms with van der Waals surface area (Å²) in [6.45, 7) is 9.83. The molecular weight excluding hydrogens is 408 g/mol. The van der Waals surface area contributed by atoms with Crippen LogP contribution in [0.2, 0.25) is 0 Å². The first-order valence-electron chi connectivity index (χ1n) is 10.4. The Kier molecular flexibility index (Phi) is 5.46. The number of phenols is 2. The van der Waals surface area contributed by atoms with Crippen LogP contribution in [0.15, 0.2) is 51.7 Å². The molecule has 3 aromatic rings. The van der Waals surface area contributed by atoms with Crippen molar-refractivity contribution in [3.8, 4) is 34.3 Å². The fraction of sp³-hybridized carbons (Fsp3) is 0.269. The predicted octanol–water partition coefficient (Wildman–Crippen LogP) is 5.43. The number of hydrogen-bond donors (Lipinski definition) is 2. The van der Waals surface area contributed by atoms with Gasteiger partial charge in [-0.05, 0) is 30.5 Å². The lowest BCUT2D eigenvalue weighted by Gasteiger charge is -2.17. The molecule has 0 spiro atoms. The fourth-order valence-corrected chi connectivity index (χ4v) is 3.84. The van der Waals surface area contributed by atoms with E-state index in [0.29, 0.717) is 33.9 Å². The highest BCUT2D eigenvalue weighted by molar-refractivity contribution is 5.92. The van der Waals surface area contributed by atoms with Crippen LogP contribution in [-0.4, -0.2) is 23.4 Å². The largest absolute Gasteiger partial charge is 0.508 e. The second-order valence-corrected chi connectivity index (χ2v) is 8.39. The van der Waals surface area contributed by atoms with Crippen LogP contribution in [0.1, 0.15) is 31.9 Å². The summed E-state index contributed by atoms with van der Waals surface area (Å²) in [4.78, 5) is 13.7. The average molecular weight is 434 g/mol. The Morgan fingerprint density at radius 3 is 2.69 bits per heavy atom. The fourth-order valence-electron chi connectivity index (χ4n) is 3.84. The summed E-state index contributed by atoms with van der Waals surface area (Å²) in [6.07, 6.45) is 3.41. The third kappa shape index (κ3) is 3.62. The summed E-state index contributed by atoms with van der Waals surface area (Å²) < 4.78 is 17.7. The highest BCUT2D eigenvalue weighted by atomic mass is 16.5. The van der Waals surface area contributed by atoms with Gasteiger partial charge >= 0.3 is 0 Å². The van der Waals surface area contributed by atoms with Gasteiger partial charge in [-0.2, -0.15) is 0 Å². The summed E-state index contributed by atoms with van der Waals surface area (Å²) in [5.74, 6) is 1.23. The number of ether oxygens (including phenoxy) is 2. The predicted molar refractivity (Wildman–Crippen MR) is 125 cm³/mol. The van der Waals surface area contributed by atoms with E-state index in [2.05, 4.69) is 6.58 Å². The maximum Gasteiger partial charge on any atom is 0.200 e. The van der Waals surface area contributed by atoms with Gasteiger partial charge in [0.05, 0.1) is 18.2 Å². The van der Waals surface area contributed by atoms with Crippen LogP contribution in [0.4, 0.5) is 0 Å². The van der Waals surface area contributed by atoms with Crippen LogP contribution < -0.4 is 14.9 Å². The van der Waals surface area contributed by atoms with Crippen molar-refractivity contribution in [3.63, 3.8) is 0 Å². The van der Waals surface area contributed by atoms with Crippen molar-refractivity contribution in [1.29, 1.82) is 0 Å². The van der Waals surface area contributed by atoms with Crippen molar-refractivity contribution >= 4 is 17.0 Å². The lowest BCUT2D eigenvalue weighted by atomic mass is 9.97. The quantitative estimate of drug-likeness (QED) is 0.533. The van der Waals surface area contributed by atoms with E-state index in [1.54, 1.807) is 18.2 Å². The van der Waals surface area contributed by atoms with Crippen LogP contribution in [0, 0.1) is 5.92 Å². The maximum atomic E-state index is 13.7. The van der Waals surface area contributed by atoms with Crippen molar-refractivity contribution in [1.82, 2.24) is 0 Å². The summed E-state index contributed by atoms with van der Waals surface area (Å²) in [7, 11) is 1.50. The zero-order valence-electron chi connectivity index (χ0n) is 18.6. The van der Waals surface area contributed by atoms with E-state index in [0.717, 1.165) is 5.57 Å². The highest BCUT2D eigenvalue weighted by Gasteiger charge is 2.29. The first-order chi connectivity index (χ1) is 15.2. The molecule has 0 saturated heterocycles. The molecule has 2 aromatic carbocycles. The normalized spacial score (nSPS) is 15.3. The number of aromatic hydroxyl groups is 2. The third-order valence-corrected chi connectivity index (χ3v) is 5.54. The summed E-state index contributed by atoms with van der Waals surface area (Å²) >= 11 is 0. The smallest absolute Gasteiger partial charge is 0.200 e. The van der Waals surface area contributed by atoms with Crippen LogP contribution in [-0.2, 0) is 6.42 Å². The van der Waals surface area contributed by atoms with E-state index in [-0.39, 0.29) is 40.2 Å². The topological polar surface area (TPSA) is 89.1 Å². The van der Waals surface area contributed by atoms with Gasteiger partial charge in [0.15, 0.2) is 5.43 Å². The molecule has 166 valence electrons. The highest BCUT2D eigenvalue weighted by Crippen LogP contribution is 2.43. The second-order valence-electron chi connectivity index (χ2n) is 8.39. The van der Waals surface area contributed by atoms with Crippen molar-refractivity contribution in [2.45, 2.75) is 33.3 Å². The van der Waals surface area contributed by atoms with Gasteiger partial charge in [0, 0.05) is 24.1 Å². The molecule has 1 aliphatic heterocycles. The molecule has 2 N–H and O–H groups in total. The molecule has 0 fully saturated rings. The van der Waals surface area contributed by atoms with E-state index in [1.807, 2.05) is 26.8 Å². The van der Waals surface area contributed by atoms with Gasteiger partial charge in [0.2, 0.25) is 0 Å². The maximum absolute atomic E-state index is 13.7. The number of fused-ring (bicyclic) bond motifs is 4. The average Bonchev–Trinajstić information content (AvgIpc) is 2.89. The molecule has 6 nitrogen and oxygen atoms in total. The Labute approximate surface area is 186 Å². The van der Waals surface area contributed by atoms with Crippen LogP contribution >= 0.6 is 0 Å². The minimum absolute atomic E-state index is 0.0386. The van der Waals surface area contributed by atoms with Crippen molar-refractivity contribution in [2.24, 2.45) is 5.92 Å². The van der Waals surface area contributed by atoms with Crippen molar-refractivity contribution in [3.05, 3.63) is 63.8 Å². The Balaban J connectivity index is 2.07. The molecule has 1 aliphatic rings. The van der Waals surface area contributed by atoms with Crippen LogP contribution in [0.5, 0.6) is 23.0 Å². The molecule has 0 saturated carbocycles. The first-order valence-corrected chi connectivity index (χ1v) is 10.4. The van der Waals surface area contributed by atoms with E-state index in [9.17, 15) is 15.0 Å². The molecule has 1 atom stereocenters. The molecule has 0 aliphatic carbocycles. The number of phenolic OH excluding ortho intramolecular Hbond substituents is 2. The van der Waals surface area contributed by atoms with Crippen LogP contribution in [0.3, 0.4) is 0 Å². The van der Waals surface area contributed by atoms with Crippen LogP contribution in [0.25, 0.3) is 28.4 Å². The lowest BCUT2D eigenvalue weighted by Crippen LogP contribution is -2.23. The molecule has 32 heavy (non-hydrogen) atoms. The molecule has 1 aromatic heterocycles. The minimum atomic E-state index is -0.488. The second kappa shape index (κ2) is 8.11. The van der Waals surface area contributed by atoms with Crippen molar-refractivity contribution < 1.29 is 24.1 Å². The van der Waals surface area contributed by atoms with E-state index in [4.69, 9.17) is 13.9 Å². The van der Waals surface area contributed by atoms with E-state index in [1.165, 1.54) is 19.2 Å². The Hall–Kier alpha value is -3.67. The minimum Gasteiger partial charge on any atom is -0.508 e. The molecule has 4 rings (SSSR count). The summed E-state index contributed by atoms with van der Waals surface area (Å²) in [5, 5.41) is 21.1. The SMILES string of the molecule is C=C(C)C1Cc2c(oc3cc(OC)c(C=CC(C)C)c(O)c3c2=O)-c2ccc(O)cc2O1. The molecule has 0 radical (unpaired) electrons. The number of allylic oxidation sites excluding steroid dienone is 1. The summed E-state index contributed by atoms with van der Waals surface area (Å²) in [5.41, 5.74) is 1.95. The van der Waals surface area contributed by atoms with Gasteiger partial charge in [-0.1, -0.05) is 32.6 Å². The van der Waals surface area contributed by atoms with E-state index < -0.39 is 6.10 Å². The number of rotatable bonds is 4. The standard InChI is InChI=1S/C26H26O6/c1-13(2)6-8-16-20(30-5)12-22-23(24(16)28)25(29)18-11-19(14(3)4)31-21-10-15(27)7-9-17(21)26(18)32-22/h6-10,12-13,19,27-28H,3,11H2,1-2,4-5H3.